The minimum absolute atomic E-state index is 0. The maximum absolute atomic E-state index is 2.71. The second kappa shape index (κ2) is 11.3. The molecule has 2 aliphatic rings. The fraction of sp³-hybridized carbons (Fsp3) is 0.214. The van der Waals surface area contributed by atoms with E-state index in [2.05, 4.69) is 103 Å². The minimum atomic E-state index is -2.46. The van der Waals surface area contributed by atoms with Crippen molar-refractivity contribution in [2.45, 2.75) is 32.7 Å². The van der Waals surface area contributed by atoms with Crippen LogP contribution in [0.5, 0.6) is 0 Å². The number of hydrogen-bond donors (Lipinski definition) is 0. The summed E-state index contributed by atoms with van der Waals surface area (Å²) in [6.45, 7) is 6.39. The molecular formula is C28H34Cl2SiZr. The van der Waals surface area contributed by atoms with Crippen LogP contribution in [0.2, 0.25) is 4.63 Å². The molecular weight excluding hydrogens is 527 g/mol. The number of benzene rings is 3. The van der Waals surface area contributed by atoms with Crippen LogP contribution < -0.4 is 0 Å². The molecule has 0 amide bonds. The number of fused-ring (bicyclic) bond motifs is 2. The third-order valence-corrected chi connectivity index (χ3v) is 24.5. The van der Waals surface area contributed by atoms with Gasteiger partial charge in [0.1, 0.15) is 0 Å². The summed E-state index contributed by atoms with van der Waals surface area (Å²) in [4.78, 5) is 0. The van der Waals surface area contributed by atoms with Crippen LogP contribution in [0.15, 0.2) is 84.4 Å². The molecule has 3 aromatic carbocycles. The Bertz CT molecular complexity index is 1120. The van der Waals surface area contributed by atoms with Gasteiger partial charge in [-0.15, -0.1) is 24.8 Å². The molecule has 4 heteroatoms. The third kappa shape index (κ3) is 4.71. The molecule has 0 heterocycles. The molecule has 168 valence electrons. The molecule has 0 N–H and O–H groups in total. The Morgan fingerprint density at radius 3 is 2.12 bits per heavy atom. The summed E-state index contributed by atoms with van der Waals surface area (Å²) in [6, 6.07) is 26.9. The van der Waals surface area contributed by atoms with Gasteiger partial charge in [0, 0.05) is 0 Å². The second-order valence-corrected chi connectivity index (χ2v) is 33.4. The Balaban J connectivity index is 0.000000884. The zero-order valence-electron chi connectivity index (χ0n) is 19.6. The smallest absolute Gasteiger partial charge is 0.147 e. The summed E-state index contributed by atoms with van der Waals surface area (Å²) in [7, 11) is 1.34. The molecule has 32 heavy (non-hydrogen) atoms. The Morgan fingerprint density at radius 2 is 1.41 bits per heavy atom. The van der Waals surface area contributed by atoms with Crippen LogP contribution in [0.3, 0.4) is 0 Å². The molecule has 0 nitrogen and oxygen atoms in total. The Morgan fingerprint density at radius 1 is 0.781 bits per heavy atom. The molecule has 3 unspecified atom stereocenters. The molecule has 0 fully saturated rings. The van der Waals surface area contributed by atoms with Gasteiger partial charge in [0.15, 0.2) is 0 Å². The van der Waals surface area contributed by atoms with Crippen LogP contribution >= 0.6 is 24.8 Å². The van der Waals surface area contributed by atoms with E-state index < -0.39 is 19.4 Å². The first kappa shape index (κ1) is 27.1. The van der Waals surface area contributed by atoms with Crippen molar-refractivity contribution in [1.29, 1.82) is 0 Å². The first-order valence-electron chi connectivity index (χ1n) is 11.2. The second-order valence-electron chi connectivity index (χ2n) is 8.78. The zero-order chi connectivity index (χ0) is 21.3. The van der Waals surface area contributed by atoms with E-state index >= 15 is 0 Å². The van der Waals surface area contributed by atoms with Crippen LogP contribution in [0.25, 0.3) is 23.3 Å². The largest absolute Gasteiger partial charge is 0.147 e. The molecule has 3 aromatic rings. The van der Waals surface area contributed by atoms with Crippen molar-refractivity contribution in [3.8, 4) is 11.1 Å². The van der Waals surface area contributed by atoms with Gasteiger partial charge in [-0.25, -0.2) is 0 Å². The Kier molecular flexibility index (Phi) is 9.56. The first-order valence-corrected chi connectivity index (χ1v) is 24.9. The molecule has 0 bridgehead atoms. The monoisotopic (exact) mass is 558 g/mol. The average Bonchev–Trinajstić information content (AvgIpc) is 3.36. The van der Waals surface area contributed by atoms with Crippen molar-refractivity contribution in [2.75, 3.05) is 0 Å². The fourth-order valence-corrected chi connectivity index (χ4v) is 23.6. The molecule has 0 saturated heterocycles. The molecule has 0 aliphatic heterocycles. The van der Waals surface area contributed by atoms with E-state index in [1.165, 1.54) is 29.6 Å². The SMILES string of the molecule is CC.CC1=Cc2c(-c3ccccc3)cccc2[CH]1[Zr]([CH3])([SiH3])[CH]1C=Cc2ccccc21.Cl.Cl. The standard InChI is InChI=1S/C16H13.C9H7.C2H6.CH3.2ClH.H3Si.Zr/c1-12-10-14-8-5-9-15(16(14)11-12)13-6-3-2-4-7-13;1-2-5-9-7-3-6-8(9)4-1;1-2;;;;;/h2-11H,1H3;1-7H;1-2H3;1H3;2*1H;1H3;. The average molecular weight is 561 g/mol. The number of halogens is 2. The molecule has 0 aromatic heterocycles. The van der Waals surface area contributed by atoms with Gasteiger partial charge < -0.3 is 0 Å². The summed E-state index contributed by atoms with van der Waals surface area (Å²) < 4.78 is 4.11. The van der Waals surface area contributed by atoms with Gasteiger partial charge in [0.05, 0.1) is 0 Å². The molecule has 2 aliphatic carbocycles. The molecule has 3 atom stereocenters. The Labute approximate surface area is 212 Å². The third-order valence-electron chi connectivity index (χ3n) is 6.71. The van der Waals surface area contributed by atoms with E-state index in [9.17, 15) is 0 Å². The first-order chi connectivity index (χ1) is 14.6. The van der Waals surface area contributed by atoms with E-state index in [0.29, 0.717) is 7.25 Å². The topological polar surface area (TPSA) is 0 Å². The van der Waals surface area contributed by atoms with Crippen molar-refractivity contribution in [1.82, 2.24) is 0 Å². The van der Waals surface area contributed by atoms with Crippen LogP contribution in [-0.2, 0) is 19.4 Å². The van der Waals surface area contributed by atoms with Crippen molar-refractivity contribution in [2.24, 2.45) is 0 Å². The van der Waals surface area contributed by atoms with E-state index in [0.717, 1.165) is 0 Å². The van der Waals surface area contributed by atoms with Gasteiger partial charge >= 0.3 is 176 Å². The minimum Gasteiger partial charge on any atom is -0.147 e. The van der Waals surface area contributed by atoms with Crippen molar-refractivity contribution in [3.63, 3.8) is 0 Å². The summed E-state index contributed by atoms with van der Waals surface area (Å²) in [5, 5.41) is 0. The summed E-state index contributed by atoms with van der Waals surface area (Å²) in [6.07, 6.45) is 7.42. The summed E-state index contributed by atoms with van der Waals surface area (Å²) in [5.41, 5.74) is 10.5. The quantitative estimate of drug-likeness (QED) is 0.285. The number of allylic oxidation sites excluding steroid dienone is 2. The molecule has 0 radical (unpaired) electrons. The van der Waals surface area contributed by atoms with Gasteiger partial charge in [-0.05, 0) is 0 Å². The Hall–Kier alpha value is -1.18. The fourth-order valence-electron chi connectivity index (χ4n) is 5.49. The predicted octanol–water partition coefficient (Wildman–Crippen LogP) is 7.93. The molecule has 5 rings (SSSR count). The number of hydrogen-bond acceptors (Lipinski definition) is 0. The normalized spacial score (nSPS) is 19.3. The summed E-state index contributed by atoms with van der Waals surface area (Å²) >= 11 is -2.46. The van der Waals surface area contributed by atoms with Gasteiger partial charge in [-0.2, -0.15) is 0 Å². The van der Waals surface area contributed by atoms with E-state index in [1.807, 2.05) is 13.8 Å². The zero-order valence-corrected chi connectivity index (χ0v) is 25.7. The van der Waals surface area contributed by atoms with E-state index in [1.54, 1.807) is 16.7 Å². The molecule has 0 spiro atoms. The van der Waals surface area contributed by atoms with Gasteiger partial charge in [0.25, 0.3) is 0 Å². The van der Waals surface area contributed by atoms with Crippen LogP contribution in [0.4, 0.5) is 0 Å². The van der Waals surface area contributed by atoms with Crippen molar-refractivity contribution in [3.05, 3.63) is 107 Å². The van der Waals surface area contributed by atoms with Crippen LogP contribution in [0, 0.1) is 0 Å². The predicted molar refractivity (Wildman–Crippen MR) is 148 cm³/mol. The van der Waals surface area contributed by atoms with Gasteiger partial charge in [0.2, 0.25) is 0 Å². The summed E-state index contributed by atoms with van der Waals surface area (Å²) in [5.74, 6) is 0. The van der Waals surface area contributed by atoms with Crippen LogP contribution in [0.1, 0.15) is 50.3 Å². The van der Waals surface area contributed by atoms with Gasteiger partial charge in [-0.3, -0.25) is 0 Å². The van der Waals surface area contributed by atoms with E-state index in [4.69, 9.17) is 0 Å². The maximum Gasteiger partial charge on any atom is -0.147 e. The van der Waals surface area contributed by atoms with Crippen LogP contribution in [-0.4, -0.2) is 7.37 Å². The van der Waals surface area contributed by atoms with Gasteiger partial charge in [-0.1, -0.05) is 13.8 Å². The number of rotatable bonds is 3. The molecule has 0 saturated carbocycles. The van der Waals surface area contributed by atoms with E-state index in [-0.39, 0.29) is 24.8 Å². The van der Waals surface area contributed by atoms with Crippen molar-refractivity contribution < 1.29 is 19.4 Å². The maximum atomic E-state index is 2.71. The van der Waals surface area contributed by atoms with Crippen molar-refractivity contribution >= 4 is 44.3 Å².